The predicted octanol–water partition coefficient (Wildman–Crippen LogP) is 4.01. The van der Waals surface area contributed by atoms with Crippen molar-refractivity contribution in [3.63, 3.8) is 0 Å². The third-order valence-electron chi connectivity index (χ3n) is 4.16. The summed E-state index contributed by atoms with van der Waals surface area (Å²) in [5.41, 5.74) is 0.325. The first-order chi connectivity index (χ1) is 12.1. The Kier molecular flexibility index (Phi) is 5.48. The van der Waals surface area contributed by atoms with E-state index in [4.69, 9.17) is 9.26 Å². The highest BCUT2D eigenvalue weighted by Gasteiger charge is 2.29. The molecule has 25 heavy (non-hydrogen) atoms. The molecule has 0 saturated heterocycles. The van der Waals surface area contributed by atoms with Gasteiger partial charge in [-0.3, -0.25) is 4.79 Å². The molecule has 0 aliphatic carbocycles. The third-order valence-corrected chi connectivity index (χ3v) is 4.93. The zero-order valence-corrected chi connectivity index (χ0v) is 15.5. The molecular weight excluding hydrogens is 336 g/mol. The maximum absolute atomic E-state index is 12.7. The average Bonchev–Trinajstić information content (AvgIpc) is 3.29. The molecule has 2 aromatic rings. The maximum atomic E-state index is 12.7. The molecule has 1 aliphatic rings. The number of hydrogen-bond donors (Lipinski definition) is 0. The van der Waals surface area contributed by atoms with Crippen LogP contribution in [-0.4, -0.2) is 34.8 Å². The van der Waals surface area contributed by atoms with E-state index < -0.39 is 0 Å². The van der Waals surface area contributed by atoms with Crippen molar-refractivity contribution in [2.75, 3.05) is 12.8 Å². The zero-order valence-electron chi connectivity index (χ0n) is 14.6. The molecule has 1 aromatic heterocycles. The first-order valence-electron chi connectivity index (χ1n) is 8.29. The van der Waals surface area contributed by atoms with Crippen LogP contribution >= 0.6 is 11.8 Å². The number of carbonyl (C=O) groups excluding carboxylic acids is 1. The van der Waals surface area contributed by atoms with Gasteiger partial charge in [-0.2, -0.15) is 0 Å². The first kappa shape index (κ1) is 17.6. The van der Waals surface area contributed by atoms with E-state index in [1.807, 2.05) is 41.5 Å². The van der Waals surface area contributed by atoms with Gasteiger partial charge < -0.3 is 14.2 Å². The van der Waals surface area contributed by atoms with Crippen LogP contribution in [0.1, 0.15) is 30.1 Å². The smallest absolute Gasteiger partial charge is 0.276 e. The minimum Gasteiger partial charge on any atom is -0.484 e. The molecule has 0 N–H and O–H groups in total. The second-order valence-electron chi connectivity index (χ2n) is 6.24. The highest BCUT2D eigenvalue weighted by Crippen LogP contribution is 2.27. The number of thioether (sulfide) groups is 1. The Morgan fingerprint density at radius 3 is 3.00 bits per heavy atom. The number of carbonyl (C=O) groups is 1. The van der Waals surface area contributed by atoms with Crippen LogP contribution < -0.4 is 4.74 Å². The Bertz CT molecular complexity index is 770. The molecule has 0 fully saturated rings. The van der Waals surface area contributed by atoms with Gasteiger partial charge in [0, 0.05) is 17.5 Å². The topological polar surface area (TPSA) is 55.6 Å². The van der Waals surface area contributed by atoms with Gasteiger partial charge in [-0.15, -0.1) is 11.8 Å². The van der Waals surface area contributed by atoms with Crippen LogP contribution in [0.4, 0.5) is 0 Å². The Hall–Kier alpha value is -2.21. The number of amides is 1. The fraction of sp³-hybridized carbons (Fsp3) is 0.368. The van der Waals surface area contributed by atoms with Gasteiger partial charge in [0.25, 0.3) is 5.91 Å². The highest BCUT2D eigenvalue weighted by atomic mass is 32.2. The Labute approximate surface area is 152 Å². The first-order valence-corrected chi connectivity index (χ1v) is 9.51. The van der Waals surface area contributed by atoms with E-state index in [-0.39, 0.29) is 18.6 Å². The summed E-state index contributed by atoms with van der Waals surface area (Å²) < 4.78 is 11.1. The molecule has 3 rings (SSSR count). The molecule has 1 amide bonds. The van der Waals surface area contributed by atoms with Crippen molar-refractivity contribution in [2.24, 2.45) is 5.92 Å². The predicted molar refractivity (Wildman–Crippen MR) is 97.9 cm³/mol. The Balaban J connectivity index is 1.65. The van der Waals surface area contributed by atoms with Crippen LogP contribution in [0.3, 0.4) is 0 Å². The lowest BCUT2D eigenvalue weighted by Gasteiger charge is -2.26. The number of hydrogen-bond acceptors (Lipinski definition) is 5. The summed E-state index contributed by atoms with van der Waals surface area (Å²) in [7, 11) is 0. The van der Waals surface area contributed by atoms with Crippen LogP contribution in [0.5, 0.6) is 5.75 Å². The Morgan fingerprint density at radius 2 is 2.24 bits per heavy atom. The largest absolute Gasteiger partial charge is 0.484 e. The van der Waals surface area contributed by atoms with Gasteiger partial charge in [0.15, 0.2) is 11.5 Å². The lowest BCUT2D eigenvalue weighted by molar-refractivity contribution is 0.0709. The summed E-state index contributed by atoms with van der Waals surface area (Å²) in [6, 6.07) is 9.59. The summed E-state index contributed by atoms with van der Waals surface area (Å²) in [5, 5.41) is 3.93. The molecular formula is C19H22N2O3S. The summed E-state index contributed by atoms with van der Waals surface area (Å²) in [4.78, 5) is 15.5. The van der Waals surface area contributed by atoms with Crippen molar-refractivity contribution in [3.05, 3.63) is 53.9 Å². The number of benzene rings is 1. The minimum absolute atomic E-state index is 0.108. The molecule has 5 nitrogen and oxygen atoms in total. The van der Waals surface area contributed by atoms with E-state index in [1.54, 1.807) is 17.8 Å². The summed E-state index contributed by atoms with van der Waals surface area (Å²) in [5.74, 6) is 1.58. The molecule has 0 spiro atoms. The van der Waals surface area contributed by atoms with E-state index in [9.17, 15) is 4.79 Å². The number of aromatic nitrogens is 1. The van der Waals surface area contributed by atoms with E-state index in [0.29, 0.717) is 23.9 Å². The van der Waals surface area contributed by atoms with Gasteiger partial charge >= 0.3 is 0 Å². The second-order valence-corrected chi connectivity index (χ2v) is 7.09. The molecule has 1 unspecified atom stereocenters. The molecule has 1 atom stereocenters. The molecule has 1 aliphatic heterocycles. The number of nitrogens with zero attached hydrogens (tertiary/aromatic N) is 2. The van der Waals surface area contributed by atoms with E-state index in [0.717, 1.165) is 10.6 Å². The van der Waals surface area contributed by atoms with Gasteiger partial charge in [-0.05, 0) is 24.3 Å². The van der Waals surface area contributed by atoms with E-state index >= 15 is 0 Å². The maximum Gasteiger partial charge on any atom is 0.276 e. The molecule has 6 heteroatoms. The minimum atomic E-state index is -0.108. The van der Waals surface area contributed by atoms with Crippen molar-refractivity contribution in [1.29, 1.82) is 0 Å². The quantitative estimate of drug-likeness (QED) is 0.577. The fourth-order valence-electron chi connectivity index (χ4n) is 2.86. The van der Waals surface area contributed by atoms with Gasteiger partial charge in [0.1, 0.15) is 12.4 Å². The van der Waals surface area contributed by atoms with Gasteiger partial charge in [0.2, 0.25) is 0 Å². The van der Waals surface area contributed by atoms with Crippen LogP contribution in [-0.2, 0) is 6.61 Å². The lowest BCUT2D eigenvalue weighted by Crippen LogP contribution is -2.39. The molecule has 0 saturated carbocycles. The zero-order chi connectivity index (χ0) is 17.8. The van der Waals surface area contributed by atoms with E-state index in [2.05, 4.69) is 25.1 Å². The number of ether oxygens (including phenoxy) is 1. The molecule has 132 valence electrons. The second kappa shape index (κ2) is 7.78. The fourth-order valence-corrected chi connectivity index (χ4v) is 3.40. The van der Waals surface area contributed by atoms with Gasteiger partial charge in [0.05, 0.1) is 6.04 Å². The lowest BCUT2D eigenvalue weighted by atomic mass is 10.0. The van der Waals surface area contributed by atoms with E-state index in [1.165, 1.54) is 0 Å². The van der Waals surface area contributed by atoms with Gasteiger partial charge in [-0.25, -0.2) is 0 Å². The van der Waals surface area contributed by atoms with Gasteiger partial charge in [-0.1, -0.05) is 43.3 Å². The molecule has 0 bridgehead atoms. The number of rotatable bonds is 6. The van der Waals surface area contributed by atoms with Crippen molar-refractivity contribution in [1.82, 2.24) is 10.1 Å². The van der Waals surface area contributed by atoms with Crippen LogP contribution in [0.15, 0.2) is 51.9 Å². The summed E-state index contributed by atoms with van der Waals surface area (Å²) >= 11 is 1.62. The van der Waals surface area contributed by atoms with Crippen molar-refractivity contribution < 1.29 is 14.1 Å². The van der Waals surface area contributed by atoms with Crippen molar-refractivity contribution >= 4 is 17.7 Å². The number of para-hydroxylation sites is 1. The van der Waals surface area contributed by atoms with Crippen LogP contribution in [0, 0.1) is 5.92 Å². The molecule has 0 radical (unpaired) electrons. The summed E-state index contributed by atoms with van der Waals surface area (Å²) in [6.07, 6.45) is 6.10. The monoisotopic (exact) mass is 358 g/mol. The molecule has 2 heterocycles. The van der Waals surface area contributed by atoms with Crippen LogP contribution in [0.2, 0.25) is 0 Å². The normalized spacial score (nSPS) is 16.6. The standard InChI is InChI=1S/C19H22N2O3S/c1-13(2)16-7-6-10-21(16)19(22)15-11-14(24-20-15)12-23-17-8-4-5-9-18(17)25-3/h4-9,11,13,16H,10,12H2,1-3H3. The van der Waals surface area contributed by atoms with Crippen LogP contribution in [0.25, 0.3) is 0 Å². The third kappa shape index (κ3) is 3.90. The van der Waals surface area contributed by atoms with Crippen molar-refractivity contribution in [3.8, 4) is 5.75 Å². The average molecular weight is 358 g/mol. The highest BCUT2D eigenvalue weighted by molar-refractivity contribution is 7.98. The Morgan fingerprint density at radius 1 is 1.44 bits per heavy atom. The summed E-state index contributed by atoms with van der Waals surface area (Å²) in [6.45, 7) is 5.06. The van der Waals surface area contributed by atoms with Crippen molar-refractivity contribution in [2.45, 2.75) is 31.4 Å². The molecule has 1 aromatic carbocycles. The SMILES string of the molecule is CSc1ccccc1OCc1cc(C(=O)N2CC=CC2C(C)C)no1.